The molecule has 0 saturated carbocycles. The molecule has 50 heavy (non-hydrogen) atoms. The van der Waals surface area contributed by atoms with Gasteiger partial charge in [0.25, 0.3) is 0 Å². The summed E-state index contributed by atoms with van der Waals surface area (Å²) >= 11 is 0. The molecule has 14 heteroatoms. The van der Waals surface area contributed by atoms with Crippen molar-refractivity contribution in [2.45, 2.75) is 89.2 Å². The summed E-state index contributed by atoms with van der Waals surface area (Å²) in [5.41, 5.74) is 0.634. The first-order valence-electron chi connectivity index (χ1n) is 16.7. The van der Waals surface area contributed by atoms with E-state index in [9.17, 15) is 19.2 Å². The van der Waals surface area contributed by atoms with Crippen molar-refractivity contribution in [3.05, 3.63) is 71.8 Å². The number of nitrogens with one attached hydrogen (secondary N) is 2. The minimum Gasteiger partial charge on any atom is -0.467 e. The predicted octanol–water partition coefficient (Wildman–Crippen LogP) is 4.08. The van der Waals surface area contributed by atoms with Gasteiger partial charge in [0.15, 0.2) is 0 Å². The van der Waals surface area contributed by atoms with Gasteiger partial charge in [0.2, 0.25) is 11.8 Å². The molecule has 2 amide bonds. The Morgan fingerprint density at radius 2 is 1.04 bits per heavy atom. The van der Waals surface area contributed by atoms with Gasteiger partial charge in [-0.15, -0.1) is 0 Å². The van der Waals surface area contributed by atoms with Crippen LogP contribution < -0.4 is 10.6 Å². The van der Waals surface area contributed by atoms with Crippen LogP contribution in [0.25, 0.3) is 0 Å². The van der Waals surface area contributed by atoms with Crippen molar-refractivity contribution in [1.29, 1.82) is 0 Å². The van der Waals surface area contributed by atoms with Crippen LogP contribution in [-0.2, 0) is 38.1 Å². The number of benzene rings is 2. The van der Waals surface area contributed by atoms with Gasteiger partial charge in [0.1, 0.15) is 23.5 Å². The van der Waals surface area contributed by atoms with E-state index in [0.717, 1.165) is 11.1 Å². The monoisotopic (exact) mass is 730 g/mol. The zero-order chi connectivity index (χ0) is 36.6. The van der Waals surface area contributed by atoms with Crippen LogP contribution >= 0.6 is 21.6 Å². The number of hydrogen-bond acceptors (Lipinski definition) is 12. The average molecular weight is 731 g/mol. The summed E-state index contributed by atoms with van der Waals surface area (Å²) < 4.78 is 22.2. The first-order valence-corrected chi connectivity index (χ1v) is 19.2. The standard InChI is InChI=1S/C36H50N4O8S2/c1-23(39-29(19-47-35(39,3)4)25-15-11-9-12-16-25)31(41)37-27(33(43)45-7)21-49-50-22-28(34(44)46-8)38-32(42)24(2)40-30(20-48-36(40,5)6)26-17-13-10-14-18-26/h9-18,23-24,27-30H,19-22H2,1-8H3,(H,37,41)(H,38,42)/t23-,24-,27-,28-,29-,30-/m0/s1. The molecule has 2 aromatic carbocycles. The van der Waals surface area contributed by atoms with E-state index < -0.39 is 47.6 Å². The van der Waals surface area contributed by atoms with E-state index in [-0.39, 0.29) is 35.4 Å². The van der Waals surface area contributed by atoms with Crippen LogP contribution in [0.15, 0.2) is 60.7 Å². The molecule has 2 heterocycles. The Balaban J connectivity index is 1.36. The predicted molar refractivity (Wildman–Crippen MR) is 194 cm³/mol. The molecule has 2 aliphatic heterocycles. The van der Waals surface area contributed by atoms with Gasteiger partial charge in [0, 0.05) is 11.5 Å². The van der Waals surface area contributed by atoms with Gasteiger partial charge in [0.05, 0.1) is 51.6 Å². The molecule has 2 aliphatic rings. The van der Waals surface area contributed by atoms with E-state index in [1.807, 2.05) is 98.2 Å². The topological polar surface area (TPSA) is 136 Å². The lowest BCUT2D eigenvalue weighted by Gasteiger charge is -2.38. The summed E-state index contributed by atoms with van der Waals surface area (Å²) in [5, 5.41) is 5.71. The molecule has 0 unspecified atom stereocenters. The largest absolute Gasteiger partial charge is 0.467 e. The Hall–Kier alpha value is -3.14. The highest BCUT2D eigenvalue weighted by Crippen LogP contribution is 2.40. The summed E-state index contributed by atoms with van der Waals surface area (Å²) in [6.07, 6.45) is 0. The average Bonchev–Trinajstić information content (AvgIpc) is 3.61. The van der Waals surface area contributed by atoms with Crippen molar-refractivity contribution in [1.82, 2.24) is 20.4 Å². The molecule has 2 aromatic rings. The Labute approximate surface area is 303 Å². The van der Waals surface area contributed by atoms with Crippen molar-refractivity contribution >= 4 is 45.3 Å². The highest BCUT2D eigenvalue weighted by atomic mass is 33.1. The maximum Gasteiger partial charge on any atom is 0.329 e. The smallest absolute Gasteiger partial charge is 0.329 e. The van der Waals surface area contributed by atoms with Crippen LogP contribution in [0.1, 0.15) is 64.8 Å². The molecule has 2 fully saturated rings. The number of esters is 2. The van der Waals surface area contributed by atoms with Crippen LogP contribution in [0.5, 0.6) is 0 Å². The van der Waals surface area contributed by atoms with Crippen LogP contribution in [0.4, 0.5) is 0 Å². The van der Waals surface area contributed by atoms with Crippen molar-refractivity contribution in [2.24, 2.45) is 0 Å². The lowest BCUT2D eigenvalue weighted by Crippen LogP contribution is -2.56. The van der Waals surface area contributed by atoms with Gasteiger partial charge in [-0.2, -0.15) is 0 Å². The number of ether oxygens (including phenoxy) is 4. The number of rotatable bonds is 15. The Morgan fingerprint density at radius 1 is 0.700 bits per heavy atom. The van der Waals surface area contributed by atoms with Crippen molar-refractivity contribution in [2.75, 3.05) is 38.9 Å². The summed E-state index contributed by atoms with van der Waals surface area (Å²) in [7, 11) is 5.09. The van der Waals surface area contributed by atoms with Gasteiger partial charge in [-0.05, 0) is 52.7 Å². The lowest BCUT2D eigenvalue weighted by molar-refractivity contribution is -0.146. The molecule has 0 bridgehead atoms. The molecular weight excluding hydrogens is 681 g/mol. The molecule has 2 N–H and O–H groups in total. The normalized spacial score (nSPS) is 22.6. The minimum absolute atomic E-state index is 0.144. The van der Waals surface area contributed by atoms with Gasteiger partial charge in [-0.3, -0.25) is 19.4 Å². The third-order valence-electron chi connectivity index (χ3n) is 9.22. The fourth-order valence-corrected chi connectivity index (χ4v) is 8.95. The second-order valence-corrected chi connectivity index (χ2v) is 15.8. The number of carbonyl (C=O) groups excluding carboxylic acids is 4. The molecule has 274 valence electrons. The van der Waals surface area contributed by atoms with Gasteiger partial charge in [-0.25, -0.2) is 9.59 Å². The Morgan fingerprint density at radius 3 is 1.36 bits per heavy atom. The fourth-order valence-electron chi connectivity index (χ4n) is 6.65. The van der Waals surface area contributed by atoms with E-state index in [0.29, 0.717) is 13.2 Å². The zero-order valence-corrected chi connectivity index (χ0v) is 31.7. The second kappa shape index (κ2) is 17.4. The summed E-state index contributed by atoms with van der Waals surface area (Å²) in [6.45, 7) is 12.1. The highest BCUT2D eigenvalue weighted by molar-refractivity contribution is 8.76. The Kier molecular flexibility index (Phi) is 13.8. The third-order valence-corrected chi connectivity index (χ3v) is 11.6. The molecule has 0 spiro atoms. The van der Waals surface area contributed by atoms with Crippen molar-refractivity contribution in [3.8, 4) is 0 Å². The van der Waals surface area contributed by atoms with E-state index in [1.165, 1.54) is 35.8 Å². The van der Waals surface area contributed by atoms with Gasteiger partial charge >= 0.3 is 11.9 Å². The van der Waals surface area contributed by atoms with E-state index in [2.05, 4.69) is 10.6 Å². The van der Waals surface area contributed by atoms with E-state index in [4.69, 9.17) is 18.9 Å². The molecule has 6 atom stereocenters. The number of amides is 2. The zero-order valence-electron chi connectivity index (χ0n) is 30.0. The summed E-state index contributed by atoms with van der Waals surface area (Å²) in [6, 6.07) is 16.3. The molecule has 0 radical (unpaired) electrons. The van der Waals surface area contributed by atoms with Crippen LogP contribution in [-0.4, -0.2) is 108 Å². The highest BCUT2D eigenvalue weighted by Gasteiger charge is 2.47. The van der Waals surface area contributed by atoms with E-state index in [1.54, 1.807) is 13.8 Å². The van der Waals surface area contributed by atoms with Crippen molar-refractivity contribution < 1.29 is 38.1 Å². The van der Waals surface area contributed by atoms with Crippen LogP contribution in [0.2, 0.25) is 0 Å². The summed E-state index contributed by atoms with van der Waals surface area (Å²) in [5.74, 6) is -1.55. The second-order valence-electron chi connectivity index (χ2n) is 13.3. The van der Waals surface area contributed by atoms with Gasteiger partial charge < -0.3 is 29.6 Å². The number of nitrogens with zero attached hydrogens (tertiary/aromatic N) is 2. The number of methoxy groups -OCH3 is 2. The summed E-state index contributed by atoms with van der Waals surface area (Å²) in [4.78, 5) is 56.8. The molecular formula is C36H50N4O8S2. The maximum atomic E-state index is 13.6. The molecule has 2 saturated heterocycles. The molecule has 0 aromatic heterocycles. The third kappa shape index (κ3) is 9.39. The lowest BCUT2D eigenvalue weighted by atomic mass is 10.0. The SMILES string of the molecule is COC(=O)[C@H](CSSC[C@H](NC(=O)[C@H](C)N1[C@H](c2ccccc2)COC1(C)C)C(=O)OC)NC(=O)[C@H](C)N1[C@H](c2ccccc2)COC1(C)C. The quantitative estimate of drug-likeness (QED) is 0.155. The number of carbonyl (C=O) groups is 4. The maximum absolute atomic E-state index is 13.6. The molecule has 0 aliphatic carbocycles. The molecule has 12 nitrogen and oxygen atoms in total. The minimum atomic E-state index is -0.951. The van der Waals surface area contributed by atoms with E-state index >= 15 is 0 Å². The van der Waals surface area contributed by atoms with Crippen LogP contribution in [0.3, 0.4) is 0 Å². The first-order chi connectivity index (χ1) is 23.7. The molecule has 4 rings (SSSR count). The van der Waals surface area contributed by atoms with Crippen molar-refractivity contribution in [3.63, 3.8) is 0 Å². The first kappa shape index (κ1) is 39.6. The van der Waals surface area contributed by atoms with Gasteiger partial charge in [-0.1, -0.05) is 82.3 Å². The van der Waals surface area contributed by atoms with Crippen LogP contribution in [0, 0.1) is 0 Å². The fraction of sp³-hybridized carbons (Fsp3) is 0.556. The Bertz CT molecular complexity index is 1360. The number of hydrogen-bond donors (Lipinski definition) is 2.